The van der Waals surface area contributed by atoms with Gasteiger partial charge in [0.05, 0.1) is 17.9 Å². The number of carbonyl (C=O) groups is 1. The van der Waals surface area contributed by atoms with Crippen molar-refractivity contribution in [2.75, 3.05) is 6.61 Å². The molecule has 100 valence electrons. The quantitative estimate of drug-likeness (QED) is 0.816. The second-order valence-electron chi connectivity index (χ2n) is 5.34. The summed E-state index contributed by atoms with van der Waals surface area (Å²) >= 11 is 0. The molecule has 0 saturated carbocycles. The molecule has 1 aromatic heterocycles. The van der Waals surface area contributed by atoms with Crippen LogP contribution in [0.4, 0.5) is 0 Å². The first-order chi connectivity index (χ1) is 8.34. The van der Waals surface area contributed by atoms with Gasteiger partial charge < -0.3 is 9.84 Å². The minimum atomic E-state index is -0.955. The largest absolute Gasteiger partial charge is 0.478 e. The zero-order valence-electron chi connectivity index (χ0n) is 11.5. The molecule has 1 rings (SSSR count). The van der Waals surface area contributed by atoms with Crippen molar-refractivity contribution in [3.05, 3.63) is 23.4 Å². The van der Waals surface area contributed by atoms with Gasteiger partial charge in [-0.2, -0.15) is 0 Å². The molecule has 0 radical (unpaired) electrons. The van der Waals surface area contributed by atoms with Crippen LogP contribution in [0.2, 0.25) is 0 Å². The Morgan fingerprint density at radius 1 is 1.39 bits per heavy atom. The molecule has 4 heteroatoms. The molecule has 0 bridgehead atoms. The Morgan fingerprint density at radius 2 is 2.06 bits per heavy atom. The van der Waals surface area contributed by atoms with Crippen LogP contribution in [0, 0.1) is 0 Å². The lowest BCUT2D eigenvalue weighted by atomic mass is 9.91. The Bertz CT molecular complexity index is 422. The smallest absolute Gasteiger partial charge is 0.335 e. The summed E-state index contributed by atoms with van der Waals surface area (Å²) in [5.74, 6) is -0.559. The third-order valence-corrected chi connectivity index (χ3v) is 2.57. The lowest BCUT2D eigenvalue weighted by Gasteiger charge is -2.19. The molecule has 1 aromatic rings. The van der Waals surface area contributed by atoms with Gasteiger partial charge in [0, 0.05) is 11.5 Å². The first-order valence-electron chi connectivity index (χ1n) is 6.23. The maximum atomic E-state index is 11.1. The summed E-state index contributed by atoms with van der Waals surface area (Å²) in [6.45, 7) is 8.63. The van der Waals surface area contributed by atoms with E-state index in [-0.39, 0.29) is 11.0 Å². The Labute approximate surface area is 108 Å². The number of aromatic carboxylic acids is 1. The van der Waals surface area contributed by atoms with Gasteiger partial charge in [-0.1, -0.05) is 34.1 Å². The topological polar surface area (TPSA) is 59.4 Å². The number of aromatic nitrogens is 1. The van der Waals surface area contributed by atoms with E-state index in [1.54, 1.807) is 6.07 Å². The van der Waals surface area contributed by atoms with Gasteiger partial charge in [0.15, 0.2) is 0 Å². The average Bonchev–Trinajstić information content (AvgIpc) is 2.28. The molecular weight excluding hydrogens is 230 g/mol. The van der Waals surface area contributed by atoms with Crippen LogP contribution in [-0.4, -0.2) is 22.7 Å². The van der Waals surface area contributed by atoms with Crippen molar-refractivity contribution in [2.45, 2.75) is 46.0 Å². The van der Waals surface area contributed by atoms with Gasteiger partial charge in [0.25, 0.3) is 0 Å². The van der Waals surface area contributed by atoms with E-state index in [0.29, 0.717) is 12.5 Å². The van der Waals surface area contributed by atoms with Crippen molar-refractivity contribution in [3.8, 4) is 5.88 Å². The number of unbranched alkanes of at least 4 members (excludes halogenated alkanes) is 1. The fourth-order valence-corrected chi connectivity index (χ4v) is 1.41. The van der Waals surface area contributed by atoms with Gasteiger partial charge >= 0.3 is 5.97 Å². The fraction of sp³-hybridized carbons (Fsp3) is 0.571. The summed E-state index contributed by atoms with van der Waals surface area (Å²) in [7, 11) is 0. The number of ether oxygens (including phenoxy) is 1. The Hall–Kier alpha value is -1.58. The molecular formula is C14H21NO3. The number of pyridine rings is 1. The van der Waals surface area contributed by atoms with Gasteiger partial charge in [-0.05, 0) is 12.5 Å². The SMILES string of the molecule is CCCCOc1cc(C(=O)O)cc(C(C)(C)C)n1. The normalized spacial score (nSPS) is 11.3. The van der Waals surface area contributed by atoms with E-state index in [9.17, 15) is 4.79 Å². The lowest BCUT2D eigenvalue weighted by molar-refractivity contribution is 0.0696. The van der Waals surface area contributed by atoms with Crippen molar-refractivity contribution < 1.29 is 14.6 Å². The highest BCUT2D eigenvalue weighted by Crippen LogP contribution is 2.24. The van der Waals surface area contributed by atoms with Crippen LogP contribution in [0.5, 0.6) is 5.88 Å². The number of carboxylic acids is 1. The van der Waals surface area contributed by atoms with Crippen molar-refractivity contribution in [2.24, 2.45) is 0 Å². The lowest BCUT2D eigenvalue weighted by Crippen LogP contribution is -2.16. The highest BCUT2D eigenvalue weighted by Gasteiger charge is 2.19. The monoisotopic (exact) mass is 251 g/mol. The molecule has 0 fully saturated rings. The summed E-state index contributed by atoms with van der Waals surface area (Å²) in [4.78, 5) is 15.5. The van der Waals surface area contributed by atoms with Crippen LogP contribution >= 0.6 is 0 Å². The molecule has 18 heavy (non-hydrogen) atoms. The molecule has 1 heterocycles. The van der Waals surface area contributed by atoms with Crippen LogP contribution in [0.1, 0.15) is 56.6 Å². The van der Waals surface area contributed by atoms with Gasteiger partial charge in [-0.15, -0.1) is 0 Å². The van der Waals surface area contributed by atoms with Crippen LogP contribution in [0.15, 0.2) is 12.1 Å². The van der Waals surface area contributed by atoms with Gasteiger partial charge in [0.1, 0.15) is 0 Å². The zero-order chi connectivity index (χ0) is 13.8. The first-order valence-corrected chi connectivity index (χ1v) is 6.23. The molecule has 1 N–H and O–H groups in total. The maximum Gasteiger partial charge on any atom is 0.335 e. The van der Waals surface area contributed by atoms with E-state index in [1.807, 2.05) is 20.8 Å². The molecule has 0 atom stereocenters. The molecule has 0 spiro atoms. The van der Waals surface area contributed by atoms with Crippen molar-refractivity contribution in [1.82, 2.24) is 4.98 Å². The Kier molecular flexibility index (Phi) is 4.70. The Morgan fingerprint density at radius 3 is 2.56 bits per heavy atom. The molecule has 0 aromatic carbocycles. The summed E-state index contributed by atoms with van der Waals surface area (Å²) in [5.41, 5.74) is 0.754. The van der Waals surface area contributed by atoms with E-state index >= 15 is 0 Å². The van der Waals surface area contributed by atoms with Crippen LogP contribution in [0.25, 0.3) is 0 Å². The molecule has 0 amide bonds. The predicted molar refractivity (Wildman–Crippen MR) is 70.3 cm³/mol. The number of carboxylic acid groups (broad SMARTS) is 1. The number of hydrogen-bond donors (Lipinski definition) is 1. The van der Waals surface area contributed by atoms with Gasteiger partial charge in [0.2, 0.25) is 5.88 Å². The van der Waals surface area contributed by atoms with Crippen LogP contribution in [-0.2, 0) is 5.41 Å². The van der Waals surface area contributed by atoms with E-state index in [4.69, 9.17) is 9.84 Å². The second-order valence-corrected chi connectivity index (χ2v) is 5.34. The van der Waals surface area contributed by atoms with Crippen LogP contribution < -0.4 is 4.74 Å². The number of nitrogens with zero attached hydrogens (tertiary/aromatic N) is 1. The van der Waals surface area contributed by atoms with E-state index in [1.165, 1.54) is 6.07 Å². The highest BCUT2D eigenvalue weighted by molar-refractivity contribution is 5.88. The predicted octanol–water partition coefficient (Wildman–Crippen LogP) is 3.26. The summed E-state index contributed by atoms with van der Waals surface area (Å²) < 4.78 is 5.50. The zero-order valence-corrected chi connectivity index (χ0v) is 11.5. The number of hydrogen-bond acceptors (Lipinski definition) is 3. The molecule has 0 unspecified atom stereocenters. The van der Waals surface area contributed by atoms with Crippen LogP contribution in [0.3, 0.4) is 0 Å². The summed E-state index contributed by atoms with van der Waals surface area (Å²) in [5, 5.41) is 9.09. The third-order valence-electron chi connectivity index (χ3n) is 2.57. The second kappa shape index (κ2) is 5.85. The van der Waals surface area contributed by atoms with E-state index in [2.05, 4.69) is 11.9 Å². The highest BCUT2D eigenvalue weighted by atomic mass is 16.5. The minimum Gasteiger partial charge on any atom is -0.478 e. The maximum absolute atomic E-state index is 11.1. The molecule has 0 aliphatic rings. The number of rotatable bonds is 5. The van der Waals surface area contributed by atoms with Gasteiger partial charge in [-0.3, -0.25) is 0 Å². The van der Waals surface area contributed by atoms with Crippen molar-refractivity contribution in [3.63, 3.8) is 0 Å². The summed E-state index contributed by atoms with van der Waals surface area (Å²) in [6.07, 6.45) is 1.97. The first kappa shape index (κ1) is 14.5. The third kappa shape index (κ3) is 4.02. The van der Waals surface area contributed by atoms with Gasteiger partial charge in [-0.25, -0.2) is 9.78 Å². The van der Waals surface area contributed by atoms with Crippen molar-refractivity contribution in [1.29, 1.82) is 0 Å². The van der Waals surface area contributed by atoms with Crippen molar-refractivity contribution >= 4 is 5.97 Å². The minimum absolute atomic E-state index is 0.200. The molecule has 0 saturated heterocycles. The standard InChI is InChI=1S/C14H21NO3/c1-5-6-7-18-12-9-10(13(16)17)8-11(15-12)14(2,3)4/h8-9H,5-7H2,1-4H3,(H,16,17). The molecule has 0 aliphatic heterocycles. The summed E-state index contributed by atoms with van der Waals surface area (Å²) in [6, 6.07) is 3.09. The molecule has 0 aliphatic carbocycles. The molecule has 4 nitrogen and oxygen atoms in total. The average molecular weight is 251 g/mol. The van der Waals surface area contributed by atoms with E-state index < -0.39 is 5.97 Å². The van der Waals surface area contributed by atoms with E-state index in [0.717, 1.165) is 18.5 Å². The Balaban J connectivity index is 3.03. The fourth-order valence-electron chi connectivity index (χ4n) is 1.41.